The van der Waals surface area contributed by atoms with E-state index in [1.807, 2.05) is 0 Å². The highest BCUT2D eigenvalue weighted by Gasteiger charge is 2.70. The van der Waals surface area contributed by atoms with Crippen molar-refractivity contribution in [2.24, 2.45) is 17.8 Å². The molecule has 118 valence electrons. The summed E-state index contributed by atoms with van der Waals surface area (Å²) < 4.78 is 65.9. The second kappa shape index (κ2) is 3.92. The van der Waals surface area contributed by atoms with Crippen LogP contribution in [0.2, 0.25) is 0 Å². The minimum atomic E-state index is -5.92. The molecule has 0 aromatic heterocycles. The first-order valence-electron chi connectivity index (χ1n) is 6.27. The lowest BCUT2D eigenvalue weighted by Gasteiger charge is -2.36. The van der Waals surface area contributed by atoms with Crippen molar-refractivity contribution in [1.82, 2.24) is 0 Å². The number of ether oxygens (including phenoxy) is 2. The van der Waals surface area contributed by atoms with Gasteiger partial charge in [-0.25, -0.2) is 4.79 Å². The van der Waals surface area contributed by atoms with Crippen LogP contribution in [-0.4, -0.2) is 41.9 Å². The summed E-state index contributed by atoms with van der Waals surface area (Å²) in [5.74, 6) is -3.69. The Bertz CT molecular complexity index is 630. The Balaban J connectivity index is 1.86. The predicted molar refractivity (Wildman–Crippen MR) is 60.6 cm³/mol. The molecule has 2 bridgehead atoms. The molecule has 0 radical (unpaired) electrons. The van der Waals surface area contributed by atoms with E-state index in [9.17, 15) is 26.8 Å². The molecule has 1 aliphatic heterocycles. The molecule has 0 aromatic carbocycles. The highest BCUT2D eigenvalue weighted by Crippen LogP contribution is 2.60. The largest absolute Gasteiger partial charge is 0.465 e. The van der Waals surface area contributed by atoms with Gasteiger partial charge in [-0.1, -0.05) is 0 Å². The molecule has 2 saturated carbocycles. The summed E-state index contributed by atoms with van der Waals surface area (Å²) in [6.07, 6.45) is -0.0151. The molecule has 5 unspecified atom stereocenters. The number of halogens is 2. The average Bonchev–Trinajstić information content (AvgIpc) is 2.93. The van der Waals surface area contributed by atoms with E-state index in [0.717, 1.165) is 0 Å². The van der Waals surface area contributed by atoms with Crippen LogP contribution in [0, 0.1) is 17.8 Å². The first-order valence-corrected chi connectivity index (χ1v) is 7.71. The van der Waals surface area contributed by atoms with Crippen molar-refractivity contribution < 1.29 is 40.8 Å². The van der Waals surface area contributed by atoms with Crippen LogP contribution in [0.5, 0.6) is 0 Å². The standard InChI is InChI=1S/C11H12F2O7S/c1-10(20-9(15)11(12,13)21(16,17)18)4-2-5-6(3-4)8(14)19-7(5)10/h4-7H,2-3H2,1H3,(H,16,17,18). The van der Waals surface area contributed by atoms with Gasteiger partial charge in [0.05, 0.1) is 5.92 Å². The van der Waals surface area contributed by atoms with E-state index >= 15 is 0 Å². The van der Waals surface area contributed by atoms with Crippen molar-refractivity contribution in [3.63, 3.8) is 0 Å². The fourth-order valence-corrected chi connectivity index (χ4v) is 3.98. The maximum Gasteiger partial charge on any atom is 0.465 e. The van der Waals surface area contributed by atoms with Crippen LogP contribution < -0.4 is 0 Å². The Kier molecular flexibility index (Phi) is 2.73. The first-order chi connectivity index (χ1) is 9.48. The predicted octanol–water partition coefficient (Wildman–Crippen LogP) is 0.350. The molecular formula is C11H12F2O7S. The van der Waals surface area contributed by atoms with Crippen LogP contribution in [0.3, 0.4) is 0 Å². The topological polar surface area (TPSA) is 107 Å². The average molecular weight is 326 g/mol. The smallest absolute Gasteiger partial charge is 0.458 e. The lowest BCUT2D eigenvalue weighted by atomic mass is 9.80. The molecular weight excluding hydrogens is 314 g/mol. The van der Waals surface area contributed by atoms with Crippen molar-refractivity contribution in [2.75, 3.05) is 0 Å². The van der Waals surface area contributed by atoms with Gasteiger partial charge in [-0.3, -0.25) is 9.35 Å². The Labute approximate surface area is 118 Å². The molecule has 3 fully saturated rings. The Morgan fingerprint density at radius 2 is 2.10 bits per heavy atom. The van der Waals surface area contributed by atoms with Crippen LogP contribution in [0.15, 0.2) is 0 Å². The first kappa shape index (κ1) is 14.6. The number of fused-ring (bicyclic) bond motifs is 1. The lowest BCUT2D eigenvalue weighted by molar-refractivity contribution is -0.194. The van der Waals surface area contributed by atoms with E-state index in [4.69, 9.17) is 14.0 Å². The second-order valence-corrected chi connectivity index (χ2v) is 7.32. The normalized spacial score (nSPS) is 41.2. The molecule has 21 heavy (non-hydrogen) atoms. The van der Waals surface area contributed by atoms with Gasteiger partial charge in [0.25, 0.3) is 0 Å². The monoisotopic (exact) mass is 326 g/mol. The minimum Gasteiger partial charge on any atom is -0.458 e. The van der Waals surface area contributed by atoms with Gasteiger partial charge in [0, 0.05) is 11.8 Å². The molecule has 3 rings (SSSR count). The van der Waals surface area contributed by atoms with Crippen LogP contribution >= 0.6 is 0 Å². The highest BCUT2D eigenvalue weighted by atomic mass is 32.2. The van der Waals surface area contributed by atoms with Crippen LogP contribution in [0.25, 0.3) is 0 Å². The fourth-order valence-electron chi connectivity index (χ4n) is 3.72. The van der Waals surface area contributed by atoms with Gasteiger partial charge in [0.15, 0.2) is 0 Å². The molecule has 0 spiro atoms. The highest BCUT2D eigenvalue weighted by molar-refractivity contribution is 7.87. The third kappa shape index (κ3) is 1.75. The molecule has 0 aromatic rings. The van der Waals surface area contributed by atoms with Crippen molar-refractivity contribution >= 4 is 22.1 Å². The Morgan fingerprint density at radius 1 is 1.48 bits per heavy atom. The molecule has 5 atom stereocenters. The zero-order valence-electron chi connectivity index (χ0n) is 10.8. The quantitative estimate of drug-likeness (QED) is 0.589. The molecule has 1 saturated heterocycles. The summed E-state index contributed by atoms with van der Waals surface area (Å²) in [5.41, 5.74) is -1.50. The number of alkyl halides is 2. The third-order valence-electron chi connectivity index (χ3n) is 4.80. The van der Waals surface area contributed by atoms with Crippen molar-refractivity contribution in [3.05, 3.63) is 0 Å². The lowest BCUT2D eigenvalue weighted by Crippen LogP contribution is -2.52. The van der Waals surface area contributed by atoms with Gasteiger partial charge in [-0.15, -0.1) is 0 Å². The summed E-state index contributed by atoms with van der Waals surface area (Å²) in [4.78, 5) is 23.0. The summed E-state index contributed by atoms with van der Waals surface area (Å²) in [5, 5.41) is -5.06. The van der Waals surface area contributed by atoms with Crippen molar-refractivity contribution in [1.29, 1.82) is 0 Å². The van der Waals surface area contributed by atoms with Gasteiger partial charge >= 0.3 is 27.3 Å². The Morgan fingerprint density at radius 3 is 2.67 bits per heavy atom. The van der Waals surface area contributed by atoms with E-state index in [1.165, 1.54) is 6.92 Å². The summed E-state index contributed by atoms with van der Waals surface area (Å²) in [7, 11) is -5.92. The van der Waals surface area contributed by atoms with Gasteiger partial charge in [0.2, 0.25) is 0 Å². The maximum absolute atomic E-state index is 13.3. The van der Waals surface area contributed by atoms with E-state index in [1.54, 1.807) is 0 Å². The van der Waals surface area contributed by atoms with Crippen LogP contribution in [0.4, 0.5) is 8.78 Å². The minimum absolute atomic E-state index is 0.209. The zero-order valence-corrected chi connectivity index (χ0v) is 11.6. The van der Waals surface area contributed by atoms with Crippen molar-refractivity contribution in [2.45, 2.75) is 36.7 Å². The van der Waals surface area contributed by atoms with Crippen molar-refractivity contribution in [3.8, 4) is 0 Å². The number of rotatable bonds is 3. The summed E-state index contributed by atoms with van der Waals surface area (Å²) >= 11 is 0. The fraction of sp³-hybridized carbons (Fsp3) is 0.818. The summed E-state index contributed by atoms with van der Waals surface area (Å²) in [6.45, 7) is 1.34. The molecule has 1 heterocycles. The van der Waals surface area contributed by atoms with E-state index in [2.05, 4.69) is 0 Å². The molecule has 2 aliphatic carbocycles. The van der Waals surface area contributed by atoms with Gasteiger partial charge in [0.1, 0.15) is 11.7 Å². The van der Waals surface area contributed by atoms with Gasteiger partial charge < -0.3 is 9.47 Å². The second-order valence-electron chi connectivity index (χ2n) is 5.86. The van der Waals surface area contributed by atoms with Crippen LogP contribution in [-0.2, 0) is 29.2 Å². The zero-order chi connectivity index (χ0) is 15.8. The van der Waals surface area contributed by atoms with E-state index in [0.29, 0.717) is 12.8 Å². The maximum atomic E-state index is 13.3. The number of hydrogen-bond donors (Lipinski definition) is 1. The number of carbonyl (C=O) groups excluding carboxylic acids is 2. The van der Waals surface area contributed by atoms with Crippen LogP contribution in [0.1, 0.15) is 19.8 Å². The number of carbonyl (C=O) groups is 2. The molecule has 0 amide bonds. The molecule has 1 N–H and O–H groups in total. The summed E-state index contributed by atoms with van der Waals surface area (Å²) in [6, 6.07) is 0. The Hall–Kier alpha value is -1.29. The van der Waals surface area contributed by atoms with E-state index < -0.39 is 39.0 Å². The molecule has 7 nitrogen and oxygen atoms in total. The third-order valence-corrected chi connectivity index (χ3v) is 5.61. The molecule has 10 heteroatoms. The van der Waals surface area contributed by atoms with Gasteiger partial charge in [-0.05, 0) is 19.8 Å². The van der Waals surface area contributed by atoms with E-state index in [-0.39, 0.29) is 17.8 Å². The number of hydrogen-bond acceptors (Lipinski definition) is 6. The molecule has 3 aliphatic rings. The van der Waals surface area contributed by atoms with Gasteiger partial charge in [-0.2, -0.15) is 17.2 Å². The number of esters is 2. The SMILES string of the molecule is CC1(OC(=O)C(F)(F)S(=O)(=O)O)C2CC3C(=O)OC1C3C2.